The third-order valence-electron chi connectivity index (χ3n) is 11.7. The Balaban J connectivity index is 3.44. The molecule has 0 radical (unpaired) electrons. The van der Waals surface area contributed by atoms with E-state index in [9.17, 15) is 19.8 Å². The molecule has 0 spiro atoms. The Labute approximate surface area is 361 Å². The number of nitrogens with one attached hydrogen (secondary N) is 1. The van der Waals surface area contributed by atoms with E-state index in [0.717, 1.165) is 57.8 Å². The number of rotatable bonds is 47. The maximum Gasteiger partial charge on any atom is 0.305 e. The normalized spacial score (nSPS) is 12.8. The number of aliphatic hydroxyl groups excluding tert-OH is 2. The molecule has 0 aliphatic carbocycles. The molecule has 2 unspecified atom stereocenters. The topological polar surface area (TPSA) is 95.9 Å². The van der Waals surface area contributed by atoms with E-state index in [1.165, 1.54) is 186 Å². The molecule has 342 valence electrons. The molecule has 0 heterocycles. The van der Waals surface area contributed by atoms with E-state index in [-0.39, 0.29) is 18.5 Å². The van der Waals surface area contributed by atoms with Crippen LogP contribution in [-0.2, 0) is 14.3 Å². The van der Waals surface area contributed by atoms with Gasteiger partial charge in [0, 0.05) is 12.8 Å². The highest BCUT2D eigenvalue weighted by Crippen LogP contribution is 2.15. The molecule has 6 heteroatoms. The van der Waals surface area contributed by atoms with Crippen molar-refractivity contribution in [3.8, 4) is 0 Å². The first-order chi connectivity index (χ1) is 28.5. The van der Waals surface area contributed by atoms with Crippen molar-refractivity contribution >= 4 is 11.9 Å². The minimum absolute atomic E-state index is 0.0119. The van der Waals surface area contributed by atoms with Crippen LogP contribution in [-0.4, -0.2) is 47.4 Å². The molecule has 0 fully saturated rings. The molecule has 0 aromatic heterocycles. The Kier molecular flexibility index (Phi) is 46.6. The van der Waals surface area contributed by atoms with Gasteiger partial charge >= 0.3 is 5.97 Å². The second-order valence-electron chi connectivity index (χ2n) is 17.5. The van der Waals surface area contributed by atoms with E-state index in [1.807, 2.05) is 6.08 Å². The Morgan fingerprint density at radius 1 is 0.466 bits per heavy atom. The van der Waals surface area contributed by atoms with Gasteiger partial charge in [-0.25, -0.2) is 0 Å². The van der Waals surface area contributed by atoms with Gasteiger partial charge in [0.05, 0.1) is 25.4 Å². The minimum Gasteiger partial charge on any atom is -0.466 e. The lowest BCUT2D eigenvalue weighted by Gasteiger charge is -2.20. The molecule has 0 bridgehead atoms. The summed E-state index contributed by atoms with van der Waals surface area (Å²) in [5.74, 6) is -0.0975. The molecule has 6 nitrogen and oxygen atoms in total. The van der Waals surface area contributed by atoms with E-state index in [1.54, 1.807) is 6.08 Å². The lowest BCUT2D eigenvalue weighted by molar-refractivity contribution is -0.143. The maximum absolute atomic E-state index is 12.4. The van der Waals surface area contributed by atoms with Crippen LogP contribution >= 0.6 is 0 Å². The molecule has 3 N–H and O–H groups in total. The van der Waals surface area contributed by atoms with Crippen molar-refractivity contribution in [3.05, 3.63) is 24.3 Å². The predicted octanol–water partition coefficient (Wildman–Crippen LogP) is 15.1. The smallest absolute Gasteiger partial charge is 0.305 e. The molecule has 0 aromatic rings. The van der Waals surface area contributed by atoms with Gasteiger partial charge in [-0.15, -0.1) is 0 Å². The molecule has 0 aliphatic rings. The summed E-state index contributed by atoms with van der Waals surface area (Å²) in [6, 6.07) is -0.637. The Morgan fingerprint density at radius 3 is 1.22 bits per heavy atom. The first-order valence-corrected chi connectivity index (χ1v) is 25.6. The lowest BCUT2D eigenvalue weighted by atomic mass is 10.0. The van der Waals surface area contributed by atoms with Gasteiger partial charge in [0.25, 0.3) is 0 Å². The number of aliphatic hydroxyl groups is 2. The number of carbonyl (C=O) groups excluding carboxylic acids is 2. The second-order valence-corrected chi connectivity index (χ2v) is 17.5. The number of hydrogen-bond donors (Lipinski definition) is 3. The average molecular weight is 818 g/mol. The Hall–Kier alpha value is -1.66. The van der Waals surface area contributed by atoms with E-state index in [0.29, 0.717) is 19.4 Å². The van der Waals surface area contributed by atoms with Crippen molar-refractivity contribution in [1.29, 1.82) is 0 Å². The Morgan fingerprint density at radius 2 is 0.810 bits per heavy atom. The lowest BCUT2D eigenvalue weighted by Crippen LogP contribution is -2.45. The number of ether oxygens (including phenoxy) is 1. The number of unbranched alkanes of at least 4 members (excludes halogenated alkanes) is 34. The summed E-state index contributed by atoms with van der Waals surface area (Å²) in [4.78, 5) is 24.4. The van der Waals surface area contributed by atoms with Gasteiger partial charge in [0.2, 0.25) is 5.91 Å². The van der Waals surface area contributed by atoms with Crippen molar-refractivity contribution in [2.45, 2.75) is 283 Å². The average Bonchev–Trinajstić information content (AvgIpc) is 3.22. The van der Waals surface area contributed by atoms with Gasteiger partial charge in [0.1, 0.15) is 0 Å². The minimum atomic E-state index is -0.852. The molecule has 0 rings (SSSR count). The highest BCUT2D eigenvalue weighted by Gasteiger charge is 2.18. The second kappa shape index (κ2) is 48.0. The summed E-state index contributed by atoms with van der Waals surface area (Å²) in [6.07, 6.45) is 56.1. The standard InChI is InChI=1S/C52H99NO5/c1-3-5-7-9-11-13-15-16-17-18-19-20-21-22-26-30-34-38-42-46-52(57)58-47-43-39-35-31-27-24-23-25-29-33-37-41-45-51(56)53-49(48-54)50(55)44-40-36-32-28-14-12-10-8-6-4-2/h16-17,40,44,49-50,54-55H,3-15,18-39,41-43,45-48H2,1-2H3,(H,53,56)/b17-16-,44-40+. The first-order valence-electron chi connectivity index (χ1n) is 25.6. The van der Waals surface area contributed by atoms with Crippen LogP contribution in [0.4, 0.5) is 0 Å². The monoisotopic (exact) mass is 818 g/mol. The quantitative estimate of drug-likeness (QED) is 0.0323. The zero-order chi connectivity index (χ0) is 42.3. The van der Waals surface area contributed by atoms with Gasteiger partial charge in [-0.2, -0.15) is 0 Å². The number of carbonyl (C=O) groups is 2. The van der Waals surface area contributed by atoms with Gasteiger partial charge < -0.3 is 20.3 Å². The zero-order valence-corrected chi connectivity index (χ0v) is 38.8. The van der Waals surface area contributed by atoms with Crippen LogP contribution < -0.4 is 5.32 Å². The Bertz CT molecular complexity index is 904. The number of esters is 1. The third kappa shape index (κ3) is 43.9. The molecule has 1 amide bonds. The summed E-state index contributed by atoms with van der Waals surface area (Å²) in [5.41, 5.74) is 0. The summed E-state index contributed by atoms with van der Waals surface area (Å²) in [6.45, 7) is 4.84. The van der Waals surface area contributed by atoms with Crippen LogP contribution in [0.1, 0.15) is 271 Å². The molecule has 2 atom stereocenters. The molecule has 58 heavy (non-hydrogen) atoms. The van der Waals surface area contributed by atoms with Crippen LogP contribution in [0.3, 0.4) is 0 Å². The molecule has 0 saturated heterocycles. The fourth-order valence-corrected chi connectivity index (χ4v) is 7.74. The largest absolute Gasteiger partial charge is 0.466 e. The van der Waals surface area contributed by atoms with Crippen molar-refractivity contribution in [3.63, 3.8) is 0 Å². The van der Waals surface area contributed by atoms with Crippen LogP contribution in [0, 0.1) is 0 Å². The van der Waals surface area contributed by atoms with Crippen LogP contribution in [0.15, 0.2) is 24.3 Å². The van der Waals surface area contributed by atoms with E-state index in [2.05, 4.69) is 31.3 Å². The molecule has 0 aromatic carbocycles. The summed E-state index contributed by atoms with van der Waals surface area (Å²) < 4.78 is 5.47. The predicted molar refractivity (Wildman–Crippen MR) is 250 cm³/mol. The van der Waals surface area contributed by atoms with Crippen molar-refractivity contribution in [2.24, 2.45) is 0 Å². The summed E-state index contributed by atoms with van der Waals surface area (Å²) >= 11 is 0. The van der Waals surface area contributed by atoms with Gasteiger partial charge in [-0.05, 0) is 57.8 Å². The van der Waals surface area contributed by atoms with Crippen LogP contribution in [0.5, 0.6) is 0 Å². The summed E-state index contributed by atoms with van der Waals surface area (Å²) in [5, 5.41) is 22.9. The molecule has 0 saturated carbocycles. The van der Waals surface area contributed by atoms with E-state index >= 15 is 0 Å². The van der Waals surface area contributed by atoms with Crippen molar-refractivity contribution in [2.75, 3.05) is 13.2 Å². The first kappa shape index (κ1) is 56.3. The number of allylic oxidation sites excluding steroid dienone is 3. The molecular formula is C52H99NO5. The number of amides is 1. The highest BCUT2D eigenvalue weighted by molar-refractivity contribution is 5.76. The summed E-state index contributed by atoms with van der Waals surface area (Å²) in [7, 11) is 0. The van der Waals surface area contributed by atoms with Crippen molar-refractivity contribution in [1.82, 2.24) is 5.32 Å². The van der Waals surface area contributed by atoms with E-state index < -0.39 is 12.1 Å². The van der Waals surface area contributed by atoms with E-state index in [4.69, 9.17) is 4.74 Å². The highest BCUT2D eigenvalue weighted by atomic mass is 16.5. The zero-order valence-electron chi connectivity index (χ0n) is 38.8. The fourth-order valence-electron chi connectivity index (χ4n) is 7.74. The SMILES string of the molecule is CCCCCCCC/C=C\CCCCCCCCCCCC(=O)OCCCCCCCCCCCCCCC(=O)NC(CO)C(O)/C=C/CCCCCCCCCC. The fraction of sp³-hybridized carbons (Fsp3) is 0.885. The van der Waals surface area contributed by atoms with Gasteiger partial charge in [-0.1, -0.05) is 224 Å². The van der Waals surface area contributed by atoms with Crippen LogP contribution in [0.25, 0.3) is 0 Å². The number of hydrogen-bond acceptors (Lipinski definition) is 5. The van der Waals surface area contributed by atoms with Crippen LogP contribution in [0.2, 0.25) is 0 Å². The maximum atomic E-state index is 12.4. The third-order valence-corrected chi connectivity index (χ3v) is 11.7. The van der Waals surface area contributed by atoms with Crippen molar-refractivity contribution < 1.29 is 24.5 Å². The van der Waals surface area contributed by atoms with Gasteiger partial charge in [-0.3, -0.25) is 9.59 Å². The van der Waals surface area contributed by atoms with Gasteiger partial charge in [0.15, 0.2) is 0 Å². The molecule has 0 aliphatic heterocycles. The molecular weight excluding hydrogens is 719 g/mol.